The van der Waals surface area contributed by atoms with E-state index in [2.05, 4.69) is 0 Å². The summed E-state index contributed by atoms with van der Waals surface area (Å²) in [6.45, 7) is 1.43. The third kappa shape index (κ3) is 22.5. The second kappa shape index (κ2) is 17.2. The van der Waals surface area contributed by atoms with Gasteiger partial charge in [-0.3, -0.25) is 0 Å². The Labute approximate surface area is 89.4 Å². The second-order valence-electron chi connectivity index (χ2n) is 1.42. The van der Waals surface area contributed by atoms with Gasteiger partial charge in [0.25, 0.3) is 0 Å². The van der Waals surface area contributed by atoms with Crippen molar-refractivity contribution in [1.29, 1.82) is 5.26 Å². The van der Waals surface area contributed by atoms with Gasteiger partial charge in [0.1, 0.15) is 0 Å². The van der Waals surface area contributed by atoms with E-state index in [1.165, 1.54) is 6.92 Å². The van der Waals surface area contributed by atoms with Crippen molar-refractivity contribution in [3.8, 4) is 6.07 Å². The Hall–Kier alpha value is -0.0477. The van der Waals surface area contributed by atoms with Crippen LogP contribution >= 0.6 is 19.1 Å². The molecule has 1 aromatic rings. The van der Waals surface area contributed by atoms with E-state index in [0.29, 0.717) is 0 Å². The van der Waals surface area contributed by atoms with E-state index in [9.17, 15) is 0 Å². The molecule has 0 saturated heterocycles. The molecule has 0 atom stereocenters. The molecule has 0 saturated carbocycles. The van der Waals surface area contributed by atoms with Gasteiger partial charge in [-0.1, -0.05) is 36.4 Å². The second-order valence-corrected chi connectivity index (χ2v) is 3.78. The van der Waals surface area contributed by atoms with Crippen molar-refractivity contribution < 1.29 is 15.9 Å². The minimum atomic E-state index is -0.106. The largest absolute Gasteiger partial charge is 0.0623 e. The summed E-state index contributed by atoms with van der Waals surface area (Å²) in [6, 6.07) is 13.8. The van der Waals surface area contributed by atoms with E-state index in [0.717, 1.165) is 0 Å². The number of nitriles is 1. The summed E-state index contributed by atoms with van der Waals surface area (Å²) in [5, 5.41) is 7.32. The van der Waals surface area contributed by atoms with Crippen LogP contribution in [0, 0.1) is 11.3 Å². The standard InChI is InChI=1S/C6H6.C2H3N.2ClH.Pd/c1-2-4-6-5-3-1;1-2-3;;;/h1-6H;1H3;2*1H;/q;;;;+2/p-2. The predicted octanol–water partition coefficient (Wildman–Crippen LogP) is 3.59. The molecule has 1 rings (SSSR count). The van der Waals surface area contributed by atoms with Crippen molar-refractivity contribution in [3.05, 3.63) is 36.4 Å². The molecule has 0 unspecified atom stereocenters. The fourth-order valence-corrected chi connectivity index (χ4v) is 0.385. The minimum absolute atomic E-state index is 0.106. The molecule has 1 aromatic carbocycles. The molecule has 0 aliphatic heterocycles. The molecule has 0 amide bonds. The van der Waals surface area contributed by atoms with Crippen LogP contribution in [0.15, 0.2) is 36.4 Å². The Morgan fingerprint density at radius 1 is 1.00 bits per heavy atom. The van der Waals surface area contributed by atoms with Gasteiger partial charge in [-0.2, -0.15) is 5.26 Å². The first-order chi connectivity index (χ1) is 5.83. The van der Waals surface area contributed by atoms with Gasteiger partial charge < -0.3 is 0 Å². The average molecular weight is 296 g/mol. The summed E-state index contributed by atoms with van der Waals surface area (Å²) in [6.07, 6.45) is 0. The third-order valence-corrected chi connectivity index (χ3v) is 0.667. The van der Waals surface area contributed by atoms with E-state index >= 15 is 0 Å². The van der Waals surface area contributed by atoms with Gasteiger partial charge in [-0.05, 0) is 0 Å². The Morgan fingerprint density at radius 2 is 1.08 bits per heavy atom. The van der Waals surface area contributed by atoms with E-state index in [1.807, 2.05) is 36.4 Å². The number of halogens is 2. The van der Waals surface area contributed by atoms with Crippen LogP contribution in [0.1, 0.15) is 6.92 Å². The third-order valence-electron chi connectivity index (χ3n) is 0.667. The van der Waals surface area contributed by atoms with Crippen LogP contribution in [0.4, 0.5) is 0 Å². The van der Waals surface area contributed by atoms with Gasteiger partial charge in [-0.15, -0.1) is 0 Å². The summed E-state index contributed by atoms with van der Waals surface area (Å²) in [4.78, 5) is 0. The molecule has 0 bridgehead atoms. The minimum Gasteiger partial charge on any atom is -0.0623 e. The predicted molar refractivity (Wildman–Crippen MR) is 49.4 cm³/mol. The average Bonchev–Trinajstić information content (AvgIpc) is 2.10. The Bertz CT molecular complexity index is 159. The number of benzene rings is 1. The zero-order valence-electron chi connectivity index (χ0n) is 6.48. The van der Waals surface area contributed by atoms with Crippen LogP contribution in [0.2, 0.25) is 0 Å². The van der Waals surface area contributed by atoms with E-state index in [1.54, 1.807) is 6.07 Å². The van der Waals surface area contributed by atoms with E-state index in [-0.39, 0.29) is 15.9 Å². The van der Waals surface area contributed by atoms with Crippen molar-refractivity contribution in [2.45, 2.75) is 6.92 Å². The first kappa shape index (κ1) is 14.5. The smallest absolute Gasteiger partial charge is 0.0623 e. The Kier molecular flexibility index (Phi) is 20.7. The van der Waals surface area contributed by atoms with Crippen LogP contribution < -0.4 is 0 Å². The summed E-state index contributed by atoms with van der Waals surface area (Å²) in [7, 11) is 9.63. The maximum Gasteiger partial charge on any atom is -0.0623 e. The van der Waals surface area contributed by atoms with Crippen LogP contribution in [0.3, 0.4) is 0 Å². The SMILES string of the molecule is CC#N.[Cl][Pd][Cl].c1ccccc1. The molecule has 0 heterocycles. The quantitative estimate of drug-likeness (QED) is 0.671. The zero-order chi connectivity index (χ0) is 9.66. The fraction of sp³-hybridized carbons (Fsp3) is 0.125. The first-order valence-electron chi connectivity index (χ1n) is 2.96. The van der Waals surface area contributed by atoms with Gasteiger partial charge in [0.15, 0.2) is 0 Å². The van der Waals surface area contributed by atoms with Crippen LogP contribution in [0.25, 0.3) is 0 Å². The summed E-state index contributed by atoms with van der Waals surface area (Å²) < 4.78 is 0. The number of rotatable bonds is 0. The molecule has 0 radical (unpaired) electrons. The summed E-state index contributed by atoms with van der Waals surface area (Å²) in [5.41, 5.74) is 0. The van der Waals surface area contributed by atoms with Gasteiger partial charge >= 0.3 is 35.0 Å². The van der Waals surface area contributed by atoms with Gasteiger partial charge in [0.05, 0.1) is 6.07 Å². The molecular weight excluding hydrogens is 287 g/mol. The van der Waals surface area contributed by atoms with Gasteiger partial charge in [0, 0.05) is 6.92 Å². The summed E-state index contributed by atoms with van der Waals surface area (Å²) in [5.74, 6) is 0. The Balaban J connectivity index is 0. The van der Waals surface area contributed by atoms with E-state index < -0.39 is 0 Å². The molecular formula is C8H9Cl2NPd. The number of hydrogen-bond donors (Lipinski definition) is 0. The van der Waals surface area contributed by atoms with Gasteiger partial charge in [-0.25, -0.2) is 0 Å². The number of nitrogens with zero attached hydrogens (tertiary/aromatic N) is 1. The number of hydrogen-bond acceptors (Lipinski definition) is 1. The van der Waals surface area contributed by atoms with Crippen molar-refractivity contribution in [2.75, 3.05) is 0 Å². The molecule has 0 aliphatic carbocycles. The Morgan fingerprint density at radius 3 is 1.17 bits per heavy atom. The molecule has 0 spiro atoms. The van der Waals surface area contributed by atoms with Crippen molar-refractivity contribution in [2.24, 2.45) is 0 Å². The molecule has 12 heavy (non-hydrogen) atoms. The zero-order valence-corrected chi connectivity index (χ0v) is 9.55. The van der Waals surface area contributed by atoms with Gasteiger partial charge in [0.2, 0.25) is 0 Å². The van der Waals surface area contributed by atoms with Crippen molar-refractivity contribution in [3.63, 3.8) is 0 Å². The molecule has 0 aromatic heterocycles. The summed E-state index contributed by atoms with van der Waals surface area (Å²) >= 11 is -0.106. The van der Waals surface area contributed by atoms with E-state index in [4.69, 9.17) is 24.3 Å². The molecule has 0 N–H and O–H groups in total. The normalized spacial score (nSPS) is 6.50. The topological polar surface area (TPSA) is 23.8 Å². The maximum absolute atomic E-state index is 7.32. The van der Waals surface area contributed by atoms with Crippen LogP contribution in [-0.2, 0) is 15.9 Å². The first-order valence-corrected chi connectivity index (χ1v) is 6.97. The fourth-order valence-electron chi connectivity index (χ4n) is 0.385. The molecule has 4 heteroatoms. The van der Waals surface area contributed by atoms with Crippen LogP contribution in [-0.4, -0.2) is 0 Å². The monoisotopic (exact) mass is 295 g/mol. The van der Waals surface area contributed by atoms with Crippen molar-refractivity contribution in [1.82, 2.24) is 0 Å². The molecule has 0 aliphatic rings. The maximum atomic E-state index is 7.32. The molecule has 0 fully saturated rings. The van der Waals surface area contributed by atoms with Crippen molar-refractivity contribution >= 4 is 19.1 Å². The van der Waals surface area contributed by atoms with Crippen LogP contribution in [0.5, 0.6) is 0 Å². The molecule has 70 valence electrons. The molecule has 1 nitrogen and oxygen atoms in total.